The lowest BCUT2D eigenvalue weighted by Gasteiger charge is -2.21. The van der Waals surface area contributed by atoms with Crippen LogP contribution in [0.3, 0.4) is 0 Å². The van der Waals surface area contributed by atoms with E-state index in [2.05, 4.69) is 24.1 Å². The van der Waals surface area contributed by atoms with E-state index in [1.165, 1.54) is 12.8 Å². The third-order valence-electron chi connectivity index (χ3n) is 6.54. The van der Waals surface area contributed by atoms with E-state index in [1.807, 2.05) is 20.8 Å². The molecule has 1 aliphatic heterocycles. The molecule has 1 saturated heterocycles. The predicted molar refractivity (Wildman–Crippen MR) is 102 cm³/mol. The second-order valence-electron chi connectivity index (χ2n) is 10.1. The second-order valence-corrected chi connectivity index (χ2v) is 10.1. The molecule has 3 fully saturated rings. The smallest absolute Gasteiger partial charge is 0.310 e. The van der Waals surface area contributed by atoms with Crippen LogP contribution in [0.5, 0.6) is 0 Å². The van der Waals surface area contributed by atoms with Gasteiger partial charge in [0, 0.05) is 25.0 Å². The summed E-state index contributed by atoms with van der Waals surface area (Å²) in [6.07, 6.45) is 5.56. The van der Waals surface area contributed by atoms with Crippen LogP contribution >= 0.6 is 0 Å². The molecular formula is C21H36N2O3. The summed E-state index contributed by atoms with van der Waals surface area (Å²) in [4.78, 5) is 27.0. The second kappa shape index (κ2) is 7.14. The van der Waals surface area contributed by atoms with Gasteiger partial charge in [0.2, 0.25) is 5.91 Å². The Bertz CT molecular complexity index is 546. The van der Waals surface area contributed by atoms with Crippen molar-refractivity contribution in [1.29, 1.82) is 0 Å². The van der Waals surface area contributed by atoms with Gasteiger partial charge in [0.25, 0.3) is 0 Å². The largest absolute Gasteiger partial charge is 0.460 e. The fourth-order valence-corrected chi connectivity index (χ4v) is 4.81. The number of nitrogens with zero attached hydrogens (tertiary/aromatic N) is 1. The molecule has 2 saturated carbocycles. The van der Waals surface area contributed by atoms with Gasteiger partial charge in [-0.2, -0.15) is 0 Å². The highest BCUT2D eigenvalue weighted by Crippen LogP contribution is 2.58. The number of nitrogens with one attached hydrogen (secondary N) is 1. The van der Waals surface area contributed by atoms with Crippen molar-refractivity contribution in [3.63, 3.8) is 0 Å². The van der Waals surface area contributed by atoms with E-state index in [9.17, 15) is 9.59 Å². The van der Waals surface area contributed by atoms with Crippen LogP contribution in [-0.4, -0.2) is 48.1 Å². The first-order valence-electron chi connectivity index (χ1n) is 10.3. The summed E-state index contributed by atoms with van der Waals surface area (Å²) in [5.41, 5.74) is -0.437. The quantitative estimate of drug-likeness (QED) is 0.762. The fraction of sp³-hybridized carbons (Fsp3) is 0.905. The topological polar surface area (TPSA) is 58.6 Å². The van der Waals surface area contributed by atoms with Crippen molar-refractivity contribution >= 4 is 11.9 Å². The number of hydrogen-bond acceptors (Lipinski definition) is 4. The van der Waals surface area contributed by atoms with E-state index >= 15 is 0 Å². The van der Waals surface area contributed by atoms with Crippen molar-refractivity contribution in [2.24, 2.45) is 23.2 Å². The third-order valence-corrected chi connectivity index (χ3v) is 6.54. The Kier molecular flexibility index (Phi) is 5.40. The highest BCUT2D eigenvalue weighted by molar-refractivity contribution is 5.79. The zero-order valence-corrected chi connectivity index (χ0v) is 17.1. The normalized spacial score (nSPS) is 31.3. The molecule has 5 heteroatoms. The summed E-state index contributed by atoms with van der Waals surface area (Å²) < 4.78 is 5.59. The summed E-state index contributed by atoms with van der Waals surface area (Å²) in [7, 11) is 0. The maximum Gasteiger partial charge on any atom is 0.310 e. The zero-order chi connectivity index (χ0) is 19.1. The van der Waals surface area contributed by atoms with Gasteiger partial charge in [-0.3, -0.25) is 9.59 Å². The van der Waals surface area contributed by atoms with Gasteiger partial charge in [-0.05, 0) is 57.9 Å². The molecule has 0 aromatic rings. The molecule has 0 aromatic heterocycles. The van der Waals surface area contributed by atoms with Crippen molar-refractivity contribution in [3.8, 4) is 0 Å². The van der Waals surface area contributed by atoms with Gasteiger partial charge in [0.15, 0.2) is 0 Å². The Morgan fingerprint density at radius 3 is 2.42 bits per heavy atom. The molecule has 0 aromatic carbocycles. The number of carbonyl (C=O) groups is 2. The van der Waals surface area contributed by atoms with E-state index in [0.717, 1.165) is 38.9 Å². The molecule has 2 aliphatic carbocycles. The van der Waals surface area contributed by atoms with Gasteiger partial charge in [0.1, 0.15) is 5.60 Å². The van der Waals surface area contributed by atoms with Crippen molar-refractivity contribution in [1.82, 2.24) is 10.2 Å². The summed E-state index contributed by atoms with van der Waals surface area (Å²) in [6.45, 7) is 12.6. The molecular weight excluding hydrogens is 328 g/mol. The molecule has 1 amide bonds. The first-order valence-corrected chi connectivity index (χ1v) is 10.3. The van der Waals surface area contributed by atoms with Gasteiger partial charge in [-0.15, -0.1) is 0 Å². The molecule has 0 radical (unpaired) electrons. The van der Waals surface area contributed by atoms with Gasteiger partial charge in [-0.1, -0.05) is 26.7 Å². The van der Waals surface area contributed by atoms with Crippen LogP contribution in [0.4, 0.5) is 0 Å². The minimum absolute atomic E-state index is 0.00666. The maximum atomic E-state index is 12.6. The lowest BCUT2D eigenvalue weighted by Crippen LogP contribution is -2.38. The van der Waals surface area contributed by atoms with Crippen LogP contribution in [-0.2, 0) is 14.3 Å². The zero-order valence-electron chi connectivity index (χ0n) is 17.1. The molecule has 0 bridgehead atoms. The molecule has 3 aliphatic rings. The number of carbonyl (C=O) groups excluding carboxylic acids is 2. The van der Waals surface area contributed by atoms with Gasteiger partial charge in [0.05, 0.1) is 5.92 Å². The van der Waals surface area contributed by atoms with Gasteiger partial charge >= 0.3 is 5.97 Å². The fourth-order valence-electron chi connectivity index (χ4n) is 4.81. The summed E-state index contributed by atoms with van der Waals surface area (Å²) >= 11 is 0. The van der Waals surface area contributed by atoms with Crippen LogP contribution in [0.15, 0.2) is 0 Å². The van der Waals surface area contributed by atoms with E-state index in [0.29, 0.717) is 17.9 Å². The SMILES string of the molecule is CC(C)(C)OC(=O)[C@@H]1[C@@H](CN[C@H]2CCN(C(=O)C3CCCC3)C2)C1(C)C. The van der Waals surface area contributed by atoms with Crippen molar-refractivity contribution < 1.29 is 14.3 Å². The molecule has 3 atom stereocenters. The summed E-state index contributed by atoms with van der Waals surface area (Å²) in [5, 5.41) is 3.62. The van der Waals surface area contributed by atoms with E-state index in [-0.39, 0.29) is 23.2 Å². The highest BCUT2D eigenvalue weighted by Gasteiger charge is 2.62. The number of hydrogen-bond donors (Lipinski definition) is 1. The predicted octanol–water partition coefficient (Wildman–Crippen LogP) is 2.98. The first kappa shape index (κ1) is 19.7. The summed E-state index contributed by atoms with van der Waals surface area (Å²) in [6, 6.07) is 0.357. The molecule has 1 N–H and O–H groups in total. The number of likely N-dealkylation sites (tertiary alicyclic amines) is 1. The number of ether oxygens (including phenoxy) is 1. The molecule has 26 heavy (non-hydrogen) atoms. The minimum Gasteiger partial charge on any atom is -0.460 e. The van der Waals surface area contributed by atoms with Crippen molar-refractivity contribution in [2.45, 2.75) is 78.4 Å². The number of amides is 1. The number of rotatable bonds is 5. The molecule has 0 spiro atoms. The van der Waals surface area contributed by atoms with Crippen molar-refractivity contribution in [3.05, 3.63) is 0 Å². The standard InChI is InChI=1S/C21H36N2O3/c1-20(2,3)26-19(25)17-16(21(17,4)5)12-22-15-10-11-23(13-15)18(24)14-8-6-7-9-14/h14-17,22H,6-13H2,1-5H3/t15-,16+,17-/m0/s1. The Balaban J connectivity index is 1.45. The monoisotopic (exact) mass is 364 g/mol. The molecule has 5 nitrogen and oxygen atoms in total. The van der Waals surface area contributed by atoms with Crippen LogP contribution < -0.4 is 5.32 Å². The minimum atomic E-state index is -0.430. The molecule has 0 unspecified atom stereocenters. The molecule has 148 valence electrons. The van der Waals surface area contributed by atoms with Crippen LogP contribution in [0.1, 0.15) is 66.7 Å². The third kappa shape index (κ3) is 4.24. The Labute approximate surface area is 158 Å². The van der Waals surface area contributed by atoms with E-state index in [1.54, 1.807) is 0 Å². The Hall–Kier alpha value is -1.10. The Morgan fingerprint density at radius 1 is 1.15 bits per heavy atom. The first-order chi connectivity index (χ1) is 12.1. The van der Waals surface area contributed by atoms with Crippen LogP contribution in [0.25, 0.3) is 0 Å². The van der Waals surface area contributed by atoms with E-state index in [4.69, 9.17) is 4.74 Å². The van der Waals surface area contributed by atoms with Crippen LogP contribution in [0, 0.1) is 23.2 Å². The molecule has 1 heterocycles. The molecule has 3 rings (SSSR count). The van der Waals surface area contributed by atoms with Crippen LogP contribution in [0.2, 0.25) is 0 Å². The highest BCUT2D eigenvalue weighted by atomic mass is 16.6. The average Bonchev–Trinajstić information content (AvgIpc) is 3.02. The average molecular weight is 365 g/mol. The maximum absolute atomic E-state index is 12.6. The van der Waals surface area contributed by atoms with Gasteiger partial charge < -0.3 is 15.0 Å². The number of esters is 1. The summed E-state index contributed by atoms with van der Waals surface area (Å²) in [5.74, 6) is 0.861. The van der Waals surface area contributed by atoms with Gasteiger partial charge in [-0.25, -0.2) is 0 Å². The van der Waals surface area contributed by atoms with Crippen molar-refractivity contribution in [2.75, 3.05) is 19.6 Å². The lowest BCUT2D eigenvalue weighted by molar-refractivity contribution is -0.157. The Morgan fingerprint density at radius 2 is 1.81 bits per heavy atom. The van der Waals surface area contributed by atoms with E-state index < -0.39 is 5.60 Å². The lowest BCUT2D eigenvalue weighted by atomic mass is 10.1.